The van der Waals surface area contributed by atoms with E-state index >= 15 is 0 Å². The van der Waals surface area contributed by atoms with Crippen molar-refractivity contribution in [3.63, 3.8) is 0 Å². The maximum absolute atomic E-state index is 13.4. The number of halogens is 2. The first-order valence-electron chi connectivity index (χ1n) is 5.71. The second-order valence-electron chi connectivity index (χ2n) is 4.16. The third-order valence-electron chi connectivity index (χ3n) is 2.61. The van der Waals surface area contributed by atoms with E-state index in [4.69, 9.17) is 0 Å². The Morgan fingerprint density at radius 2 is 1.70 bits per heavy atom. The van der Waals surface area contributed by atoms with Crippen molar-refractivity contribution in [2.75, 3.05) is 0 Å². The highest BCUT2D eigenvalue weighted by Gasteiger charge is 2.10. The quantitative estimate of drug-likeness (QED) is 0.807. The molecule has 0 aliphatic carbocycles. The number of phenolic OH excluding ortho intramolecular Hbond substituents is 2. The average Bonchev–Trinajstić information content (AvgIpc) is 2.38. The lowest BCUT2D eigenvalue weighted by atomic mass is 10.1. The molecule has 104 valence electrons. The van der Waals surface area contributed by atoms with Crippen LogP contribution in [-0.4, -0.2) is 16.1 Å². The van der Waals surface area contributed by atoms with E-state index in [9.17, 15) is 23.8 Å². The molecule has 2 rings (SSSR count). The maximum Gasteiger partial charge on any atom is 0.251 e. The molecule has 0 spiro atoms. The number of benzene rings is 2. The Balaban J connectivity index is 2.10. The molecule has 3 N–H and O–H groups in total. The summed E-state index contributed by atoms with van der Waals surface area (Å²) in [6, 6.07) is 6.30. The number of rotatable bonds is 3. The standard InChI is InChI=1S/C14H11F2NO3/c15-10-1-2-13(16)9(3-10)7-17-14(20)8-4-11(18)6-12(19)5-8/h1-6,18-19H,7H2,(H,17,20). The van der Waals surface area contributed by atoms with Gasteiger partial charge in [-0.1, -0.05) is 0 Å². The van der Waals surface area contributed by atoms with Crippen LogP contribution >= 0.6 is 0 Å². The number of phenols is 2. The van der Waals surface area contributed by atoms with Gasteiger partial charge in [-0.2, -0.15) is 0 Å². The van der Waals surface area contributed by atoms with Crippen molar-refractivity contribution in [1.82, 2.24) is 5.32 Å². The van der Waals surface area contributed by atoms with Crippen molar-refractivity contribution in [2.45, 2.75) is 6.54 Å². The summed E-state index contributed by atoms with van der Waals surface area (Å²) in [6.07, 6.45) is 0. The number of aromatic hydroxyl groups is 2. The molecule has 4 nitrogen and oxygen atoms in total. The largest absolute Gasteiger partial charge is 0.508 e. The monoisotopic (exact) mass is 279 g/mol. The van der Waals surface area contributed by atoms with Crippen LogP contribution in [0.5, 0.6) is 11.5 Å². The minimum Gasteiger partial charge on any atom is -0.508 e. The van der Waals surface area contributed by atoms with Gasteiger partial charge in [-0.05, 0) is 30.3 Å². The van der Waals surface area contributed by atoms with Crippen LogP contribution < -0.4 is 5.32 Å². The second kappa shape index (κ2) is 5.56. The predicted octanol–water partition coefficient (Wildman–Crippen LogP) is 2.31. The summed E-state index contributed by atoms with van der Waals surface area (Å²) in [5, 5.41) is 20.9. The second-order valence-corrected chi connectivity index (χ2v) is 4.16. The van der Waals surface area contributed by atoms with Crippen molar-refractivity contribution in [2.24, 2.45) is 0 Å². The molecule has 0 aliphatic rings. The van der Waals surface area contributed by atoms with Crippen LogP contribution in [-0.2, 0) is 6.54 Å². The summed E-state index contributed by atoms with van der Waals surface area (Å²) in [4.78, 5) is 11.8. The van der Waals surface area contributed by atoms with Gasteiger partial charge in [0.1, 0.15) is 23.1 Å². The molecule has 0 heterocycles. The molecule has 2 aromatic rings. The summed E-state index contributed by atoms with van der Waals surface area (Å²) >= 11 is 0. The number of nitrogens with one attached hydrogen (secondary N) is 1. The molecule has 0 saturated heterocycles. The summed E-state index contributed by atoms with van der Waals surface area (Å²) in [6.45, 7) is -0.209. The first-order chi connectivity index (χ1) is 9.45. The average molecular weight is 279 g/mol. The zero-order valence-corrected chi connectivity index (χ0v) is 10.2. The van der Waals surface area contributed by atoms with E-state index in [1.165, 1.54) is 0 Å². The minimum atomic E-state index is -0.634. The zero-order valence-electron chi connectivity index (χ0n) is 10.2. The smallest absolute Gasteiger partial charge is 0.251 e. The minimum absolute atomic E-state index is 0.00252. The van der Waals surface area contributed by atoms with Crippen molar-refractivity contribution in [1.29, 1.82) is 0 Å². The zero-order chi connectivity index (χ0) is 14.7. The van der Waals surface area contributed by atoms with Crippen LogP contribution in [0.25, 0.3) is 0 Å². The molecule has 0 radical (unpaired) electrons. The van der Waals surface area contributed by atoms with Gasteiger partial charge >= 0.3 is 0 Å². The molecule has 0 unspecified atom stereocenters. The first-order valence-corrected chi connectivity index (χ1v) is 5.71. The van der Waals surface area contributed by atoms with Gasteiger partial charge in [0.25, 0.3) is 5.91 Å². The van der Waals surface area contributed by atoms with Crippen LogP contribution in [0.15, 0.2) is 36.4 Å². The van der Waals surface area contributed by atoms with Crippen LogP contribution in [0, 0.1) is 11.6 Å². The molecule has 0 saturated carbocycles. The van der Waals surface area contributed by atoms with Gasteiger partial charge in [-0.3, -0.25) is 4.79 Å². The molecule has 0 aliphatic heterocycles. The van der Waals surface area contributed by atoms with E-state index in [0.29, 0.717) is 0 Å². The molecule has 0 bridgehead atoms. The van der Waals surface area contributed by atoms with E-state index in [1.807, 2.05) is 0 Å². The Morgan fingerprint density at radius 1 is 1.05 bits per heavy atom. The lowest BCUT2D eigenvalue weighted by molar-refractivity contribution is 0.0949. The Morgan fingerprint density at radius 3 is 2.35 bits per heavy atom. The molecular formula is C14H11F2NO3. The summed E-state index contributed by atoms with van der Waals surface area (Å²) in [5.74, 6) is -2.41. The van der Waals surface area contributed by atoms with E-state index in [2.05, 4.69) is 5.32 Å². The maximum atomic E-state index is 13.4. The van der Waals surface area contributed by atoms with Gasteiger partial charge in [0.05, 0.1) is 0 Å². The molecule has 1 amide bonds. The Bertz CT molecular complexity index is 639. The van der Waals surface area contributed by atoms with E-state index in [0.717, 1.165) is 36.4 Å². The van der Waals surface area contributed by atoms with Gasteiger partial charge in [0.15, 0.2) is 0 Å². The van der Waals surface area contributed by atoms with Gasteiger partial charge in [0, 0.05) is 23.7 Å². The lowest BCUT2D eigenvalue weighted by Crippen LogP contribution is -2.23. The summed E-state index contributed by atoms with van der Waals surface area (Å²) in [7, 11) is 0. The number of hydrogen-bond donors (Lipinski definition) is 3. The topological polar surface area (TPSA) is 69.6 Å². The number of carbonyl (C=O) groups is 1. The molecule has 6 heteroatoms. The number of amides is 1. The third kappa shape index (κ3) is 3.23. The predicted molar refractivity (Wildman–Crippen MR) is 67.3 cm³/mol. The van der Waals surface area contributed by atoms with Crippen LogP contribution in [0.3, 0.4) is 0 Å². The van der Waals surface area contributed by atoms with Gasteiger partial charge < -0.3 is 15.5 Å². The molecule has 20 heavy (non-hydrogen) atoms. The van der Waals surface area contributed by atoms with Crippen LogP contribution in [0.4, 0.5) is 8.78 Å². The fraction of sp³-hybridized carbons (Fsp3) is 0.0714. The van der Waals surface area contributed by atoms with E-state index in [1.54, 1.807) is 0 Å². The highest BCUT2D eigenvalue weighted by Crippen LogP contribution is 2.20. The van der Waals surface area contributed by atoms with E-state index < -0.39 is 17.5 Å². The van der Waals surface area contributed by atoms with Crippen molar-refractivity contribution in [3.8, 4) is 11.5 Å². The van der Waals surface area contributed by atoms with Crippen molar-refractivity contribution >= 4 is 5.91 Å². The fourth-order valence-electron chi connectivity index (χ4n) is 1.68. The highest BCUT2D eigenvalue weighted by atomic mass is 19.1. The molecule has 2 aromatic carbocycles. The highest BCUT2D eigenvalue weighted by molar-refractivity contribution is 5.95. The Labute approximate surface area is 113 Å². The molecular weight excluding hydrogens is 268 g/mol. The van der Waals surface area contributed by atoms with Crippen molar-refractivity contribution < 1.29 is 23.8 Å². The number of hydrogen-bond acceptors (Lipinski definition) is 3. The summed E-state index contributed by atoms with van der Waals surface area (Å²) in [5.41, 5.74) is 0.0158. The van der Waals surface area contributed by atoms with E-state index in [-0.39, 0.29) is 29.2 Å². The molecule has 0 atom stereocenters. The normalized spacial score (nSPS) is 10.3. The van der Waals surface area contributed by atoms with Crippen LogP contribution in [0.1, 0.15) is 15.9 Å². The molecule has 0 fully saturated rings. The Kier molecular flexibility index (Phi) is 3.84. The lowest BCUT2D eigenvalue weighted by Gasteiger charge is -2.07. The SMILES string of the molecule is O=C(NCc1cc(F)ccc1F)c1cc(O)cc(O)c1. The van der Waals surface area contributed by atoms with Gasteiger partial charge in [-0.15, -0.1) is 0 Å². The van der Waals surface area contributed by atoms with Gasteiger partial charge in [0.2, 0.25) is 0 Å². The van der Waals surface area contributed by atoms with Crippen LogP contribution in [0.2, 0.25) is 0 Å². The molecule has 0 aromatic heterocycles. The van der Waals surface area contributed by atoms with Gasteiger partial charge in [-0.25, -0.2) is 8.78 Å². The Hall–Kier alpha value is -2.63. The number of carbonyl (C=O) groups excluding carboxylic acids is 1. The third-order valence-corrected chi connectivity index (χ3v) is 2.61. The fourth-order valence-corrected chi connectivity index (χ4v) is 1.68. The van der Waals surface area contributed by atoms with Crippen molar-refractivity contribution in [3.05, 3.63) is 59.2 Å². The summed E-state index contributed by atoms with van der Waals surface area (Å²) < 4.78 is 26.3. The first kappa shape index (κ1) is 13.8.